The molecule has 0 spiro atoms. The zero-order valence-corrected chi connectivity index (χ0v) is 15.7. The molecule has 3 nitrogen and oxygen atoms in total. The fourth-order valence-electron chi connectivity index (χ4n) is 4.33. The number of pyridine rings is 1. The van der Waals surface area contributed by atoms with Crippen molar-refractivity contribution in [3.05, 3.63) is 59.7 Å². The maximum Gasteiger partial charge on any atom is 0.0519 e. The van der Waals surface area contributed by atoms with E-state index in [-0.39, 0.29) is 0 Å². The van der Waals surface area contributed by atoms with Gasteiger partial charge in [-0.2, -0.15) is 5.10 Å². The minimum atomic E-state index is 0.824. The second-order valence-corrected chi connectivity index (χ2v) is 8.10. The molecule has 0 amide bonds. The molecule has 136 valence electrons. The minimum Gasteiger partial charge on any atom is -0.285 e. The van der Waals surface area contributed by atoms with E-state index in [9.17, 15) is 0 Å². The van der Waals surface area contributed by atoms with Crippen LogP contribution < -0.4 is 0 Å². The molecular weight excluding hydrogens is 318 g/mol. The predicted molar refractivity (Wildman–Crippen MR) is 107 cm³/mol. The predicted octanol–water partition coefficient (Wildman–Crippen LogP) is 5.50. The molecular formula is C23H29N3. The van der Waals surface area contributed by atoms with Gasteiger partial charge in [-0.05, 0) is 72.9 Å². The summed E-state index contributed by atoms with van der Waals surface area (Å²) < 4.78 is 0. The van der Waals surface area contributed by atoms with Gasteiger partial charge in [-0.15, -0.1) is 0 Å². The van der Waals surface area contributed by atoms with Crippen LogP contribution in [-0.4, -0.2) is 15.2 Å². The zero-order valence-electron chi connectivity index (χ0n) is 15.7. The Morgan fingerprint density at radius 3 is 2.77 bits per heavy atom. The number of nitrogens with one attached hydrogen (secondary N) is 1. The molecule has 4 rings (SSSR count). The minimum absolute atomic E-state index is 0.824. The number of hydrogen-bond donors (Lipinski definition) is 1. The van der Waals surface area contributed by atoms with Crippen molar-refractivity contribution in [1.82, 2.24) is 15.2 Å². The van der Waals surface area contributed by atoms with Crippen LogP contribution in [0.1, 0.15) is 55.8 Å². The Hall–Kier alpha value is -2.16. The van der Waals surface area contributed by atoms with E-state index in [0.29, 0.717) is 0 Å². The van der Waals surface area contributed by atoms with E-state index >= 15 is 0 Å². The van der Waals surface area contributed by atoms with Crippen LogP contribution in [0.5, 0.6) is 0 Å². The van der Waals surface area contributed by atoms with E-state index in [1.54, 1.807) is 0 Å². The van der Waals surface area contributed by atoms with Gasteiger partial charge in [0.2, 0.25) is 0 Å². The molecule has 1 N–H and O–H groups in total. The Labute approximate surface area is 156 Å². The quantitative estimate of drug-likeness (QED) is 0.639. The average molecular weight is 348 g/mol. The Bertz CT molecular complexity index is 830. The van der Waals surface area contributed by atoms with Crippen molar-refractivity contribution >= 4 is 10.8 Å². The third kappa shape index (κ3) is 4.14. The van der Waals surface area contributed by atoms with Crippen LogP contribution in [0.4, 0.5) is 0 Å². The van der Waals surface area contributed by atoms with Gasteiger partial charge >= 0.3 is 0 Å². The highest BCUT2D eigenvalue weighted by Crippen LogP contribution is 2.31. The molecule has 2 heterocycles. The first-order valence-corrected chi connectivity index (χ1v) is 10.1. The van der Waals surface area contributed by atoms with Gasteiger partial charge in [-0.25, -0.2) is 0 Å². The van der Waals surface area contributed by atoms with E-state index in [2.05, 4.69) is 47.6 Å². The molecule has 1 saturated carbocycles. The van der Waals surface area contributed by atoms with Gasteiger partial charge in [0.15, 0.2) is 0 Å². The summed E-state index contributed by atoms with van der Waals surface area (Å²) in [5, 5.41) is 9.60. The molecule has 2 aromatic heterocycles. The molecule has 0 unspecified atom stereocenters. The van der Waals surface area contributed by atoms with Crippen LogP contribution in [0, 0.1) is 11.8 Å². The van der Waals surface area contributed by atoms with Gasteiger partial charge < -0.3 is 0 Å². The van der Waals surface area contributed by atoms with Gasteiger partial charge in [0.25, 0.3) is 0 Å². The smallest absolute Gasteiger partial charge is 0.0519 e. The van der Waals surface area contributed by atoms with E-state index < -0.39 is 0 Å². The molecule has 1 aliphatic carbocycles. The van der Waals surface area contributed by atoms with Crippen LogP contribution in [-0.2, 0) is 19.3 Å². The van der Waals surface area contributed by atoms with Crippen LogP contribution >= 0.6 is 0 Å². The Morgan fingerprint density at radius 1 is 1.08 bits per heavy atom. The first kappa shape index (κ1) is 17.3. The lowest BCUT2D eigenvalue weighted by Gasteiger charge is -2.25. The van der Waals surface area contributed by atoms with Crippen molar-refractivity contribution in [1.29, 1.82) is 0 Å². The van der Waals surface area contributed by atoms with Crippen molar-refractivity contribution in [2.24, 2.45) is 11.8 Å². The fraction of sp³-hybridized carbons (Fsp3) is 0.478. The number of aryl methyl sites for hydroxylation is 2. The molecule has 26 heavy (non-hydrogen) atoms. The maximum atomic E-state index is 4.77. The fourth-order valence-corrected chi connectivity index (χ4v) is 4.33. The lowest BCUT2D eigenvalue weighted by Crippen LogP contribution is -2.14. The summed E-state index contributed by atoms with van der Waals surface area (Å²) >= 11 is 0. The van der Waals surface area contributed by atoms with E-state index in [4.69, 9.17) is 4.98 Å². The summed E-state index contributed by atoms with van der Waals surface area (Å²) in [5.41, 5.74) is 4.02. The van der Waals surface area contributed by atoms with Crippen molar-refractivity contribution in [2.75, 3.05) is 0 Å². The summed E-state index contributed by atoms with van der Waals surface area (Å²) in [4.78, 5) is 4.77. The lowest BCUT2D eigenvalue weighted by atomic mass is 9.81. The van der Waals surface area contributed by atoms with Crippen molar-refractivity contribution in [3.8, 4) is 0 Å². The SMILES string of the molecule is CC1CCC(Cc2cc3c(CCCc4cn[nH]c4)cccc3cn2)CC1. The molecule has 0 atom stereocenters. The highest BCUT2D eigenvalue weighted by Gasteiger charge is 2.19. The highest BCUT2D eigenvalue weighted by atomic mass is 15.1. The van der Waals surface area contributed by atoms with Crippen LogP contribution in [0.15, 0.2) is 42.9 Å². The van der Waals surface area contributed by atoms with E-state index in [1.165, 1.54) is 53.3 Å². The Morgan fingerprint density at radius 2 is 1.96 bits per heavy atom. The van der Waals surface area contributed by atoms with Gasteiger partial charge in [-0.1, -0.05) is 38.0 Å². The number of fused-ring (bicyclic) bond motifs is 1. The van der Waals surface area contributed by atoms with Crippen molar-refractivity contribution < 1.29 is 0 Å². The molecule has 1 fully saturated rings. The summed E-state index contributed by atoms with van der Waals surface area (Å²) in [5.74, 6) is 1.74. The summed E-state index contributed by atoms with van der Waals surface area (Å²) in [6.07, 6.45) is 16.0. The third-order valence-corrected chi connectivity index (χ3v) is 6.01. The number of nitrogens with zero attached hydrogens (tertiary/aromatic N) is 2. The van der Waals surface area contributed by atoms with Crippen molar-refractivity contribution in [3.63, 3.8) is 0 Å². The first-order valence-electron chi connectivity index (χ1n) is 10.1. The molecule has 0 bridgehead atoms. The summed E-state index contributed by atoms with van der Waals surface area (Å²) in [6, 6.07) is 9.00. The average Bonchev–Trinajstić information content (AvgIpc) is 3.17. The first-order chi connectivity index (χ1) is 12.8. The maximum absolute atomic E-state index is 4.77. The van der Waals surface area contributed by atoms with Crippen LogP contribution in [0.25, 0.3) is 10.8 Å². The topological polar surface area (TPSA) is 41.6 Å². The second kappa shape index (κ2) is 8.03. The number of hydrogen-bond acceptors (Lipinski definition) is 2. The molecule has 3 heteroatoms. The molecule has 1 aromatic carbocycles. The number of aromatic nitrogens is 3. The molecule has 0 aliphatic heterocycles. The lowest BCUT2D eigenvalue weighted by molar-refractivity contribution is 0.287. The monoisotopic (exact) mass is 347 g/mol. The largest absolute Gasteiger partial charge is 0.285 e. The molecule has 3 aromatic rings. The molecule has 0 saturated heterocycles. The summed E-state index contributed by atoms with van der Waals surface area (Å²) in [7, 11) is 0. The highest BCUT2D eigenvalue weighted by molar-refractivity contribution is 5.85. The second-order valence-electron chi connectivity index (χ2n) is 8.10. The number of benzene rings is 1. The van der Waals surface area contributed by atoms with Gasteiger partial charge in [0.1, 0.15) is 0 Å². The molecule has 1 aliphatic rings. The standard InChI is InChI=1S/C23H29N3/c1-17-8-10-18(11-9-17)12-22-13-23-20(6-3-7-21(23)16-24-22)5-2-4-19-14-25-26-15-19/h3,6-7,13-18H,2,4-5,8-12H2,1H3,(H,25,26). The van der Waals surface area contributed by atoms with Gasteiger partial charge in [0, 0.05) is 23.5 Å². The van der Waals surface area contributed by atoms with E-state index in [1.807, 2.05) is 12.4 Å². The van der Waals surface area contributed by atoms with Gasteiger partial charge in [0.05, 0.1) is 6.20 Å². The van der Waals surface area contributed by atoms with Gasteiger partial charge in [-0.3, -0.25) is 10.1 Å². The Balaban J connectivity index is 1.46. The Kier molecular flexibility index (Phi) is 5.33. The number of H-pyrrole nitrogens is 1. The zero-order chi connectivity index (χ0) is 17.8. The normalized spacial score (nSPS) is 20.5. The van der Waals surface area contributed by atoms with Crippen LogP contribution in [0.3, 0.4) is 0 Å². The number of rotatable bonds is 6. The summed E-state index contributed by atoms with van der Waals surface area (Å²) in [6.45, 7) is 2.39. The third-order valence-electron chi connectivity index (χ3n) is 6.01. The van der Waals surface area contributed by atoms with Crippen molar-refractivity contribution in [2.45, 2.75) is 58.3 Å². The molecule has 0 radical (unpaired) electrons. The van der Waals surface area contributed by atoms with E-state index in [0.717, 1.165) is 37.5 Å². The van der Waals surface area contributed by atoms with Crippen LogP contribution in [0.2, 0.25) is 0 Å². The number of aromatic amines is 1.